The predicted octanol–water partition coefficient (Wildman–Crippen LogP) is 5.25. The van der Waals surface area contributed by atoms with Crippen molar-refractivity contribution in [2.45, 2.75) is 83.2 Å². The van der Waals surface area contributed by atoms with E-state index < -0.39 is 0 Å². The highest BCUT2D eigenvalue weighted by Gasteiger charge is 2.44. The van der Waals surface area contributed by atoms with Crippen LogP contribution in [0.2, 0.25) is 0 Å². The molecule has 2 rings (SSSR count). The maximum Gasteiger partial charge on any atom is 0.0919 e. The summed E-state index contributed by atoms with van der Waals surface area (Å²) in [5.41, 5.74) is 0.299. The molecule has 0 radical (unpaired) electrons. The maximum atomic E-state index is 5.77. The van der Waals surface area contributed by atoms with Gasteiger partial charge in [-0.2, -0.15) is 0 Å². The molecule has 0 aromatic carbocycles. The smallest absolute Gasteiger partial charge is 0.0919 e. The zero-order valence-electron chi connectivity index (χ0n) is 12.1. The Morgan fingerprint density at radius 1 is 0.944 bits per heavy atom. The molecule has 1 saturated heterocycles. The average Bonchev–Trinajstić information content (AvgIpc) is 3.10. The number of hydrogen-bond donors (Lipinski definition) is 0. The standard InChI is InChI=1S/C17H30O/c1-16-12-10-8-6-4-2-3-5-7-9-11-13-17(14-16)15-18-17/h8,10,16H,2-7,9,11-15H2,1H3/t16-,17?/m1/s1. The molecule has 1 unspecified atom stereocenters. The quantitative estimate of drug-likeness (QED) is 0.422. The Labute approximate surface area is 113 Å². The normalized spacial score (nSPS) is 35.9. The van der Waals surface area contributed by atoms with E-state index in [4.69, 9.17) is 4.74 Å². The first kappa shape index (κ1) is 14.1. The van der Waals surface area contributed by atoms with E-state index in [1.807, 2.05) is 0 Å². The summed E-state index contributed by atoms with van der Waals surface area (Å²) in [5.74, 6) is 0.786. The first-order valence-electron chi connectivity index (χ1n) is 8.10. The summed E-state index contributed by atoms with van der Waals surface area (Å²) in [6.07, 6.45) is 19.8. The van der Waals surface area contributed by atoms with Crippen molar-refractivity contribution >= 4 is 0 Å². The Morgan fingerprint density at radius 2 is 1.61 bits per heavy atom. The van der Waals surface area contributed by atoms with Gasteiger partial charge in [0, 0.05) is 0 Å². The third kappa shape index (κ3) is 5.14. The van der Waals surface area contributed by atoms with Gasteiger partial charge < -0.3 is 4.74 Å². The summed E-state index contributed by atoms with van der Waals surface area (Å²) in [7, 11) is 0. The van der Waals surface area contributed by atoms with E-state index in [1.54, 1.807) is 0 Å². The highest BCUT2D eigenvalue weighted by Crippen LogP contribution is 2.39. The molecular formula is C17H30O. The first-order chi connectivity index (χ1) is 8.81. The summed E-state index contributed by atoms with van der Waals surface area (Å²) >= 11 is 0. The van der Waals surface area contributed by atoms with Crippen molar-refractivity contribution in [3.05, 3.63) is 12.2 Å². The van der Waals surface area contributed by atoms with Crippen LogP contribution in [0.5, 0.6) is 0 Å². The third-order valence-electron chi connectivity index (χ3n) is 4.48. The number of epoxide rings is 1. The van der Waals surface area contributed by atoms with Gasteiger partial charge in [-0.25, -0.2) is 0 Å². The lowest BCUT2D eigenvalue weighted by atomic mass is 9.89. The SMILES string of the molecule is C[C@@H]1CC=CCCCCCCCCCC2(CO2)C1. The van der Waals surface area contributed by atoms with Crippen LogP contribution in [0.4, 0.5) is 0 Å². The lowest BCUT2D eigenvalue weighted by Crippen LogP contribution is -2.15. The van der Waals surface area contributed by atoms with Gasteiger partial charge in [-0.1, -0.05) is 57.6 Å². The summed E-state index contributed by atoms with van der Waals surface area (Å²) in [6, 6.07) is 0. The average molecular weight is 250 g/mol. The minimum Gasteiger partial charge on any atom is -0.370 e. The van der Waals surface area contributed by atoms with Gasteiger partial charge in [-0.3, -0.25) is 0 Å². The molecule has 0 amide bonds. The molecule has 1 heteroatoms. The van der Waals surface area contributed by atoms with E-state index in [0.29, 0.717) is 5.60 Å². The zero-order chi connectivity index (χ0) is 12.7. The van der Waals surface area contributed by atoms with Crippen LogP contribution in [0, 0.1) is 5.92 Å². The number of allylic oxidation sites excluding steroid dienone is 2. The molecule has 1 aliphatic heterocycles. The molecular weight excluding hydrogens is 220 g/mol. The van der Waals surface area contributed by atoms with Crippen LogP contribution in [0.15, 0.2) is 12.2 Å². The predicted molar refractivity (Wildman–Crippen MR) is 77.8 cm³/mol. The highest BCUT2D eigenvalue weighted by molar-refractivity contribution is 4.95. The Bertz CT molecular complexity index is 252. The van der Waals surface area contributed by atoms with Crippen molar-refractivity contribution < 1.29 is 4.74 Å². The summed E-state index contributed by atoms with van der Waals surface area (Å²) in [4.78, 5) is 0. The van der Waals surface area contributed by atoms with Gasteiger partial charge in [-0.05, 0) is 38.0 Å². The van der Waals surface area contributed by atoms with E-state index >= 15 is 0 Å². The summed E-state index contributed by atoms with van der Waals surface area (Å²) < 4.78 is 5.77. The fraction of sp³-hybridized carbons (Fsp3) is 0.882. The van der Waals surface area contributed by atoms with E-state index in [0.717, 1.165) is 12.5 Å². The third-order valence-corrected chi connectivity index (χ3v) is 4.48. The van der Waals surface area contributed by atoms with Crippen LogP contribution in [0.1, 0.15) is 77.6 Å². The van der Waals surface area contributed by atoms with Crippen molar-refractivity contribution in [2.75, 3.05) is 6.61 Å². The molecule has 18 heavy (non-hydrogen) atoms. The second kappa shape index (κ2) is 7.33. The molecule has 0 aromatic rings. The fourth-order valence-electron chi connectivity index (χ4n) is 3.22. The van der Waals surface area contributed by atoms with Gasteiger partial charge in [0.2, 0.25) is 0 Å². The lowest BCUT2D eigenvalue weighted by molar-refractivity contribution is 0.239. The van der Waals surface area contributed by atoms with Crippen molar-refractivity contribution in [2.24, 2.45) is 5.92 Å². The van der Waals surface area contributed by atoms with Gasteiger partial charge in [0.05, 0.1) is 12.2 Å². The topological polar surface area (TPSA) is 12.5 Å². The largest absolute Gasteiger partial charge is 0.370 e. The number of rotatable bonds is 0. The second-order valence-electron chi connectivity index (χ2n) is 6.50. The number of ether oxygens (including phenoxy) is 1. The van der Waals surface area contributed by atoms with Crippen LogP contribution >= 0.6 is 0 Å². The van der Waals surface area contributed by atoms with Crippen LogP contribution < -0.4 is 0 Å². The molecule has 2 aliphatic rings. The molecule has 0 bridgehead atoms. The van der Waals surface area contributed by atoms with Gasteiger partial charge >= 0.3 is 0 Å². The summed E-state index contributed by atoms with van der Waals surface area (Å²) in [6.45, 7) is 3.41. The zero-order valence-corrected chi connectivity index (χ0v) is 12.1. The van der Waals surface area contributed by atoms with Gasteiger partial charge in [0.15, 0.2) is 0 Å². The van der Waals surface area contributed by atoms with Crippen molar-refractivity contribution in [1.29, 1.82) is 0 Å². The van der Waals surface area contributed by atoms with Crippen molar-refractivity contribution in [3.8, 4) is 0 Å². The Morgan fingerprint density at radius 3 is 2.33 bits per heavy atom. The molecule has 1 aliphatic carbocycles. The van der Waals surface area contributed by atoms with Gasteiger partial charge in [0.25, 0.3) is 0 Å². The minimum atomic E-state index is 0.299. The van der Waals surface area contributed by atoms with E-state index in [1.165, 1.54) is 70.6 Å². The Kier molecular flexibility index (Phi) is 5.75. The molecule has 104 valence electrons. The highest BCUT2D eigenvalue weighted by atomic mass is 16.6. The van der Waals surface area contributed by atoms with E-state index in [9.17, 15) is 0 Å². The van der Waals surface area contributed by atoms with E-state index in [-0.39, 0.29) is 0 Å². The Hall–Kier alpha value is -0.300. The maximum absolute atomic E-state index is 5.77. The van der Waals surface area contributed by atoms with Crippen LogP contribution in [0.25, 0.3) is 0 Å². The monoisotopic (exact) mass is 250 g/mol. The van der Waals surface area contributed by atoms with Crippen molar-refractivity contribution in [3.63, 3.8) is 0 Å². The van der Waals surface area contributed by atoms with Gasteiger partial charge in [-0.15, -0.1) is 0 Å². The van der Waals surface area contributed by atoms with Crippen LogP contribution in [-0.4, -0.2) is 12.2 Å². The fourth-order valence-corrected chi connectivity index (χ4v) is 3.22. The van der Waals surface area contributed by atoms with Crippen molar-refractivity contribution in [1.82, 2.24) is 0 Å². The first-order valence-corrected chi connectivity index (χ1v) is 8.10. The molecule has 1 spiro atoms. The molecule has 1 nitrogen and oxygen atoms in total. The lowest BCUT2D eigenvalue weighted by Gasteiger charge is -2.16. The summed E-state index contributed by atoms with van der Waals surface area (Å²) in [5, 5.41) is 0. The molecule has 0 aromatic heterocycles. The van der Waals surface area contributed by atoms with E-state index in [2.05, 4.69) is 19.1 Å². The molecule has 1 fully saturated rings. The molecule has 1 heterocycles. The second-order valence-corrected chi connectivity index (χ2v) is 6.50. The molecule has 0 N–H and O–H groups in total. The van der Waals surface area contributed by atoms with Crippen LogP contribution in [0.3, 0.4) is 0 Å². The molecule has 0 saturated carbocycles. The number of hydrogen-bond acceptors (Lipinski definition) is 1. The van der Waals surface area contributed by atoms with Crippen LogP contribution in [-0.2, 0) is 4.74 Å². The minimum absolute atomic E-state index is 0.299. The molecule has 2 atom stereocenters. The van der Waals surface area contributed by atoms with Gasteiger partial charge in [0.1, 0.15) is 0 Å². The Balaban J connectivity index is 1.78.